The molecule has 0 aliphatic rings. The molecular formula is C21H22N2O4. The number of rotatable bonds is 7. The predicted molar refractivity (Wildman–Crippen MR) is 101 cm³/mol. The third-order valence-corrected chi connectivity index (χ3v) is 4.07. The number of hydrogen-bond donors (Lipinski definition) is 1. The highest BCUT2D eigenvalue weighted by Crippen LogP contribution is 2.29. The van der Waals surface area contributed by atoms with Gasteiger partial charge in [0.15, 0.2) is 5.76 Å². The number of pyridine rings is 1. The average Bonchev–Trinajstić information content (AvgIpc) is 3.13. The molecule has 0 radical (unpaired) electrons. The summed E-state index contributed by atoms with van der Waals surface area (Å²) in [6, 6.07) is 13.0. The summed E-state index contributed by atoms with van der Waals surface area (Å²) in [5.74, 6) is 1.78. The Morgan fingerprint density at radius 3 is 2.63 bits per heavy atom. The van der Waals surface area contributed by atoms with E-state index in [2.05, 4.69) is 10.3 Å². The van der Waals surface area contributed by atoms with Crippen LogP contribution in [0.1, 0.15) is 33.0 Å². The Hall–Kier alpha value is -3.12. The zero-order chi connectivity index (χ0) is 19.2. The first kappa shape index (κ1) is 18.7. The lowest BCUT2D eigenvalue weighted by molar-refractivity contribution is 0.0914. The summed E-state index contributed by atoms with van der Waals surface area (Å²) in [4.78, 5) is 16.6. The van der Waals surface area contributed by atoms with Gasteiger partial charge in [0.05, 0.1) is 0 Å². The van der Waals surface area contributed by atoms with Crippen molar-refractivity contribution < 1.29 is 18.7 Å². The molecule has 140 valence electrons. The van der Waals surface area contributed by atoms with Crippen LogP contribution in [0.25, 0.3) is 0 Å². The summed E-state index contributed by atoms with van der Waals surface area (Å²) in [5.41, 5.74) is 2.82. The smallest absolute Gasteiger partial charge is 0.287 e. The van der Waals surface area contributed by atoms with Gasteiger partial charge in [-0.2, -0.15) is 0 Å². The largest absolute Gasteiger partial charge is 0.453 e. The molecule has 1 amide bonds. The van der Waals surface area contributed by atoms with Gasteiger partial charge in [0.25, 0.3) is 5.91 Å². The number of ether oxygens (including phenoxy) is 2. The standard InChI is InChI=1S/C21H22N2O4/c1-14-6-4-7-15(2)19(14)27-21-16(8-5-11-22-21)12-23-20(24)18-10-9-17(26-18)13-25-3/h4-11H,12-13H2,1-3H3,(H,23,24). The number of carbonyl (C=O) groups is 1. The van der Waals surface area contributed by atoms with Crippen LogP contribution in [0.3, 0.4) is 0 Å². The molecule has 2 aromatic heterocycles. The Labute approximate surface area is 158 Å². The number of nitrogens with zero attached hydrogens (tertiary/aromatic N) is 1. The molecule has 0 bridgehead atoms. The van der Waals surface area contributed by atoms with Gasteiger partial charge in [0.2, 0.25) is 5.88 Å². The lowest BCUT2D eigenvalue weighted by atomic mass is 10.1. The van der Waals surface area contributed by atoms with E-state index < -0.39 is 0 Å². The van der Waals surface area contributed by atoms with Gasteiger partial charge in [-0.3, -0.25) is 4.79 Å². The predicted octanol–water partition coefficient (Wildman–Crippen LogP) is 4.16. The summed E-state index contributed by atoms with van der Waals surface area (Å²) < 4.78 is 16.5. The lowest BCUT2D eigenvalue weighted by Gasteiger charge is -2.14. The van der Waals surface area contributed by atoms with Crippen LogP contribution in [0, 0.1) is 13.8 Å². The van der Waals surface area contributed by atoms with Crippen molar-refractivity contribution >= 4 is 5.91 Å². The minimum Gasteiger partial charge on any atom is -0.453 e. The van der Waals surface area contributed by atoms with Gasteiger partial charge < -0.3 is 19.2 Å². The molecule has 6 heteroatoms. The maximum absolute atomic E-state index is 12.3. The number of carbonyl (C=O) groups excluding carboxylic acids is 1. The molecule has 0 spiro atoms. The Kier molecular flexibility index (Phi) is 5.88. The molecule has 1 N–H and O–H groups in total. The molecule has 27 heavy (non-hydrogen) atoms. The maximum Gasteiger partial charge on any atom is 0.287 e. The van der Waals surface area contributed by atoms with Gasteiger partial charge in [-0.1, -0.05) is 24.3 Å². The van der Waals surface area contributed by atoms with Crippen LogP contribution in [0.4, 0.5) is 0 Å². The van der Waals surface area contributed by atoms with Crippen molar-refractivity contribution in [2.45, 2.75) is 27.0 Å². The Morgan fingerprint density at radius 2 is 1.89 bits per heavy atom. The number of hydrogen-bond acceptors (Lipinski definition) is 5. The second-order valence-corrected chi connectivity index (χ2v) is 6.17. The van der Waals surface area contributed by atoms with E-state index in [4.69, 9.17) is 13.9 Å². The zero-order valence-corrected chi connectivity index (χ0v) is 15.6. The number of furan rings is 1. The minimum atomic E-state index is -0.306. The molecule has 0 saturated heterocycles. The highest BCUT2D eigenvalue weighted by molar-refractivity contribution is 5.91. The van der Waals surface area contributed by atoms with Gasteiger partial charge in [-0.25, -0.2) is 4.98 Å². The second kappa shape index (κ2) is 8.51. The number of aromatic nitrogens is 1. The third-order valence-electron chi connectivity index (χ3n) is 4.07. The van der Waals surface area contributed by atoms with Gasteiger partial charge >= 0.3 is 0 Å². The van der Waals surface area contributed by atoms with Crippen LogP contribution in [-0.2, 0) is 17.9 Å². The van der Waals surface area contributed by atoms with Gasteiger partial charge in [0.1, 0.15) is 18.1 Å². The van der Waals surface area contributed by atoms with E-state index in [1.165, 1.54) is 0 Å². The molecular weight excluding hydrogens is 344 g/mol. The van der Waals surface area contributed by atoms with Crippen LogP contribution in [0.15, 0.2) is 53.1 Å². The molecule has 3 aromatic rings. The quantitative estimate of drug-likeness (QED) is 0.680. The number of methoxy groups -OCH3 is 1. The molecule has 0 aliphatic carbocycles. The highest BCUT2D eigenvalue weighted by atomic mass is 16.5. The second-order valence-electron chi connectivity index (χ2n) is 6.17. The van der Waals surface area contributed by atoms with Crippen molar-refractivity contribution in [3.63, 3.8) is 0 Å². The SMILES string of the molecule is COCc1ccc(C(=O)NCc2cccnc2Oc2c(C)cccc2C)o1. The van der Waals surface area contributed by atoms with E-state index in [1.54, 1.807) is 25.4 Å². The van der Waals surface area contributed by atoms with E-state index in [9.17, 15) is 4.79 Å². The third kappa shape index (κ3) is 4.54. The summed E-state index contributed by atoms with van der Waals surface area (Å²) in [6.45, 7) is 4.57. The fourth-order valence-corrected chi connectivity index (χ4v) is 2.69. The molecule has 0 fully saturated rings. The van der Waals surface area contributed by atoms with E-state index in [-0.39, 0.29) is 18.2 Å². The van der Waals surface area contributed by atoms with Gasteiger partial charge in [0, 0.05) is 25.4 Å². The minimum absolute atomic E-state index is 0.239. The van der Waals surface area contributed by atoms with E-state index in [0.717, 1.165) is 22.4 Å². The first-order valence-electron chi connectivity index (χ1n) is 8.62. The molecule has 1 aromatic carbocycles. The number of benzene rings is 1. The van der Waals surface area contributed by atoms with Crippen molar-refractivity contribution in [3.05, 3.63) is 76.9 Å². The summed E-state index contributed by atoms with van der Waals surface area (Å²) in [7, 11) is 1.57. The van der Waals surface area contributed by atoms with Crippen molar-refractivity contribution in [1.29, 1.82) is 0 Å². The zero-order valence-electron chi connectivity index (χ0n) is 15.6. The molecule has 6 nitrogen and oxygen atoms in total. The number of aryl methyl sites for hydroxylation is 2. The molecule has 2 heterocycles. The van der Waals surface area contributed by atoms with Crippen molar-refractivity contribution in [2.24, 2.45) is 0 Å². The summed E-state index contributed by atoms with van der Waals surface area (Å²) in [6.07, 6.45) is 1.66. The molecule has 3 rings (SSSR count). The average molecular weight is 366 g/mol. The van der Waals surface area contributed by atoms with E-state index in [1.807, 2.05) is 44.2 Å². The topological polar surface area (TPSA) is 73.6 Å². The number of para-hydroxylation sites is 1. The van der Waals surface area contributed by atoms with E-state index in [0.29, 0.717) is 18.2 Å². The first-order chi connectivity index (χ1) is 13.1. The Balaban J connectivity index is 1.71. The monoisotopic (exact) mass is 366 g/mol. The molecule has 0 atom stereocenters. The number of amides is 1. The normalized spacial score (nSPS) is 10.6. The van der Waals surface area contributed by atoms with Crippen molar-refractivity contribution in [1.82, 2.24) is 10.3 Å². The van der Waals surface area contributed by atoms with Crippen LogP contribution in [0.5, 0.6) is 11.6 Å². The Bertz CT molecular complexity index is 913. The fourth-order valence-electron chi connectivity index (χ4n) is 2.69. The maximum atomic E-state index is 12.3. The first-order valence-corrected chi connectivity index (χ1v) is 8.62. The van der Waals surface area contributed by atoms with Crippen LogP contribution in [-0.4, -0.2) is 18.0 Å². The summed E-state index contributed by atoms with van der Waals surface area (Å²) in [5, 5.41) is 2.83. The molecule has 0 aliphatic heterocycles. The lowest BCUT2D eigenvalue weighted by Crippen LogP contribution is -2.22. The molecule has 0 unspecified atom stereocenters. The highest BCUT2D eigenvalue weighted by Gasteiger charge is 2.14. The van der Waals surface area contributed by atoms with E-state index >= 15 is 0 Å². The summed E-state index contributed by atoms with van der Waals surface area (Å²) >= 11 is 0. The van der Waals surface area contributed by atoms with Crippen molar-refractivity contribution in [2.75, 3.05) is 7.11 Å². The van der Waals surface area contributed by atoms with Gasteiger partial charge in [-0.15, -0.1) is 0 Å². The van der Waals surface area contributed by atoms with Crippen LogP contribution in [0.2, 0.25) is 0 Å². The Morgan fingerprint density at radius 1 is 1.11 bits per heavy atom. The van der Waals surface area contributed by atoms with Crippen LogP contribution >= 0.6 is 0 Å². The molecule has 0 saturated carbocycles. The van der Waals surface area contributed by atoms with Crippen LogP contribution < -0.4 is 10.1 Å². The van der Waals surface area contributed by atoms with Crippen molar-refractivity contribution in [3.8, 4) is 11.6 Å². The van der Waals surface area contributed by atoms with Gasteiger partial charge in [-0.05, 0) is 43.2 Å². The number of nitrogens with one attached hydrogen (secondary N) is 1. The fraction of sp³-hybridized carbons (Fsp3) is 0.238.